The fourth-order valence-corrected chi connectivity index (χ4v) is 1.62. The van der Waals surface area contributed by atoms with E-state index in [4.69, 9.17) is 4.74 Å². The summed E-state index contributed by atoms with van der Waals surface area (Å²) in [5.74, 6) is -0.165. The third kappa shape index (κ3) is 4.38. The summed E-state index contributed by atoms with van der Waals surface area (Å²) in [6.07, 6.45) is 2.34. The molecule has 0 bridgehead atoms. The molecule has 0 unspecified atom stereocenters. The Morgan fingerprint density at radius 2 is 1.93 bits per heavy atom. The van der Waals surface area contributed by atoms with Crippen LogP contribution >= 0.6 is 11.8 Å². The summed E-state index contributed by atoms with van der Waals surface area (Å²) < 4.78 is 5.07. The molecule has 3 heteroatoms. The summed E-state index contributed by atoms with van der Waals surface area (Å²) in [5, 5.41) is 0. The highest BCUT2D eigenvalue weighted by Crippen LogP contribution is 2.15. The maximum atomic E-state index is 11.3. The Morgan fingerprint density at radius 3 is 2.40 bits per heavy atom. The molecule has 0 saturated heterocycles. The smallest absolute Gasteiger partial charge is 0.310 e. The fraction of sp³-hybridized carbons (Fsp3) is 0.417. The van der Waals surface area contributed by atoms with Crippen LogP contribution in [0, 0.1) is 0 Å². The number of esters is 1. The number of ether oxygens (including phenoxy) is 1. The molecule has 2 nitrogen and oxygen atoms in total. The molecule has 1 aromatic rings. The number of carbonyl (C=O) groups is 1. The number of hydrogen-bond acceptors (Lipinski definition) is 3. The van der Waals surface area contributed by atoms with Crippen LogP contribution in [0.4, 0.5) is 0 Å². The lowest BCUT2D eigenvalue weighted by Gasteiger charge is -2.07. The number of benzene rings is 1. The second kappa shape index (κ2) is 5.81. The zero-order chi connectivity index (χ0) is 11.3. The minimum atomic E-state index is -0.165. The largest absolute Gasteiger partial charge is 0.463 e. The van der Waals surface area contributed by atoms with Gasteiger partial charge in [-0.2, -0.15) is 0 Å². The van der Waals surface area contributed by atoms with Gasteiger partial charge in [0.05, 0.1) is 12.5 Å². The highest BCUT2D eigenvalue weighted by molar-refractivity contribution is 7.98. The van der Waals surface area contributed by atoms with E-state index in [2.05, 4.69) is 0 Å². The van der Waals surface area contributed by atoms with Crippen LogP contribution < -0.4 is 0 Å². The molecule has 0 fully saturated rings. The Bertz CT molecular complexity index is 317. The molecule has 0 aromatic heterocycles. The molecule has 1 rings (SSSR count). The number of hydrogen-bond donors (Lipinski definition) is 0. The minimum absolute atomic E-state index is 0.0389. The van der Waals surface area contributed by atoms with Gasteiger partial charge in [-0.05, 0) is 37.8 Å². The van der Waals surface area contributed by atoms with Crippen molar-refractivity contribution in [3.8, 4) is 0 Å². The zero-order valence-corrected chi connectivity index (χ0v) is 10.1. The van der Waals surface area contributed by atoms with Crippen LogP contribution in [0.2, 0.25) is 0 Å². The third-order valence-corrected chi connectivity index (χ3v) is 2.62. The van der Waals surface area contributed by atoms with Crippen molar-refractivity contribution in [1.29, 1.82) is 0 Å². The van der Waals surface area contributed by atoms with Crippen molar-refractivity contribution in [2.75, 3.05) is 6.26 Å². The average molecular weight is 224 g/mol. The molecule has 0 spiro atoms. The Labute approximate surface area is 95.0 Å². The number of carbonyl (C=O) groups excluding carboxylic acids is 1. The van der Waals surface area contributed by atoms with E-state index in [1.54, 1.807) is 11.8 Å². The molecule has 0 saturated carbocycles. The van der Waals surface area contributed by atoms with E-state index in [9.17, 15) is 4.79 Å². The summed E-state index contributed by atoms with van der Waals surface area (Å²) in [4.78, 5) is 12.6. The Morgan fingerprint density at radius 1 is 1.33 bits per heavy atom. The fourth-order valence-electron chi connectivity index (χ4n) is 1.21. The van der Waals surface area contributed by atoms with E-state index >= 15 is 0 Å². The average Bonchev–Trinajstić information content (AvgIpc) is 2.17. The van der Waals surface area contributed by atoms with Crippen molar-refractivity contribution in [3.63, 3.8) is 0 Å². The summed E-state index contributed by atoms with van der Waals surface area (Å²) in [6, 6.07) is 7.96. The first kappa shape index (κ1) is 12.1. The van der Waals surface area contributed by atoms with Crippen molar-refractivity contribution in [2.24, 2.45) is 0 Å². The van der Waals surface area contributed by atoms with Crippen LogP contribution in [-0.2, 0) is 16.0 Å². The maximum absolute atomic E-state index is 11.3. The molecular weight excluding hydrogens is 208 g/mol. The van der Waals surface area contributed by atoms with Crippen LogP contribution in [0.25, 0.3) is 0 Å². The topological polar surface area (TPSA) is 26.3 Å². The summed E-state index contributed by atoms with van der Waals surface area (Å²) in [6.45, 7) is 3.71. The molecule has 0 aliphatic heterocycles. The molecule has 0 heterocycles. The maximum Gasteiger partial charge on any atom is 0.310 e. The number of rotatable bonds is 4. The van der Waals surface area contributed by atoms with Crippen LogP contribution in [-0.4, -0.2) is 18.3 Å². The molecule has 0 radical (unpaired) electrons. The molecular formula is C12H16O2S. The van der Waals surface area contributed by atoms with Gasteiger partial charge in [-0.15, -0.1) is 11.8 Å². The monoisotopic (exact) mass is 224 g/mol. The minimum Gasteiger partial charge on any atom is -0.463 e. The highest BCUT2D eigenvalue weighted by atomic mass is 32.2. The lowest BCUT2D eigenvalue weighted by Crippen LogP contribution is -2.13. The molecule has 0 aliphatic rings. The quantitative estimate of drug-likeness (QED) is 0.581. The van der Waals surface area contributed by atoms with Gasteiger partial charge < -0.3 is 4.74 Å². The molecule has 0 aliphatic carbocycles. The van der Waals surface area contributed by atoms with E-state index in [1.807, 2.05) is 44.4 Å². The third-order valence-electron chi connectivity index (χ3n) is 1.87. The Hall–Kier alpha value is -0.960. The van der Waals surface area contributed by atoms with E-state index in [0.717, 1.165) is 5.56 Å². The van der Waals surface area contributed by atoms with Gasteiger partial charge in [0.1, 0.15) is 0 Å². The van der Waals surface area contributed by atoms with Crippen molar-refractivity contribution < 1.29 is 9.53 Å². The zero-order valence-electron chi connectivity index (χ0n) is 9.32. The van der Waals surface area contributed by atoms with E-state index < -0.39 is 0 Å². The molecule has 0 N–H and O–H groups in total. The first-order valence-electron chi connectivity index (χ1n) is 4.94. The number of thioether (sulfide) groups is 1. The van der Waals surface area contributed by atoms with Gasteiger partial charge in [0.25, 0.3) is 0 Å². The van der Waals surface area contributed by atoms with Crippen molar-refractivity contribution in [1.82, 2.24) is 0 Å². The van der Waals surface area contributed by atoms with E-state index in [0.29, 0.717) is 6.42 Å². The lowest BCUT2D eigenvalue weighted by atomic mass is 10.1. The van der Waals surface area contributed by atoms with Gasteiger partial charge in [-0.1, -0.05) is 12.1 Å². The van der Waals surface area contributed by atoms with Crippen LogP contribution in [0.15, 0.2) is 29.2 Å². The normalized spacial score (nSPS) is 10.4. The first-order chi connectivity index (χ1) is 7.11. The summed E-state index contributed by atoms with van der Waals surface area (Å²) in [5.41, 5.74) is 0.999. The van der Waals surface area contributed by atoms with Crippen LogP contribution in [0.3, 0.4) is 0 Å². The second-order valence-corrected chi connectivity index (χ2v) is 4.44. The molecule has 0 amide bonds. The van der Waals surface area contributed by atoms with E-state index in [1.165, 1.54) is 4.90 Å². The van der Waals surface area contributed by atoms with Gasteiger partial charge in [0.15, 0.2) is 0 Å². The van der Waals surface area contributed by atoms with Crippen molar-refractivity contribution in [2.45, 2.75) is 31.3 Å². The first-order valence-corrected chi connectivity index (χ1v) is 6.16. The highest BCUT2D eigenvalue weighted by Gasteiger charge is 2.06. The van der Waals surface area contributed by atoms with Gasteiger partial charge in [0.2, 0.25) is 0 Å². The molecule has 0 atom stereocenters. The van der Waals surface area contributed by atoms with Crippen LogP contribution in [0.5, 0.6) is 0 Å². The molecule has 15 heavy (non-hydrogen) atoms. The summed E-state index contributed by atoms with van der Waals surface area (Å²) >= 11 is 1.69. The predicted octanol–water partition coefficient (Wildman–Crippen LogP) is 2.90. The van der Waals surface area contributed by atoms with Gasteiger partial charge in [0, 0.05) is 4.90 Å². The second-order valence-electron chi connectivity index (χ2n) is 3.56. The van der Waals surface area contributed by atoms with Crippen LogP contribution in [0.1, 0.15) is 19.4 Å². The molecule has 82 valence electrons. The standard InChI is InChI=1S/C12H16O2S/c1-9(2)14-12(13)8-10-4-6-11(15-3)7-5-10/h4-7,9H,8H2,1-3H3. The van der Waals surface area contributed by atoms with Crippen molar-refractivity contribution in [3.05, 3.63) is 29.8 Å². The predicted molar refractivity (Wildman–Crippen MR) is 63.2 cm³/mol. The van der Waals surface area contributed by atoms with Gasteiger partial charge >= 0.3 is 5.97 Å². The van der Waals surface area contributed by atoms with Crippen molar-refractivity contribution >= 4 is 17.7 Å². The lowest BCUT2D eigenvalue weighted by molar-refractivity contribution is -0.146. The summed E-state index contributed by atoms with van der Waals surface area (Å²) in [7, 11) is 0. The van der Waals surface area contributed by atoms with E-state index in [-0.39, 0.29) is 12.1 Å². The van der Waals surface area contributed by atoms with Gasteiger partial charge in [-0.25, -0.2) is 0 Å². The SMILES string of the molecule is CSc1ccc(CC(=O)OC(C)C)cc1. The Balaban J connectivity index is 2.53. The van der Waals surface area contributed by atoms with Gasteiger partial charge in [-0.3, -0.25) is 4.79 Å². The Kier molecular flexibility index (Phi) is 4.69. The molecule has 1 aromatic carbocycles.